The lowest BCUT2D eigenvalue weighted by molar-refractivity contribution is -0.660. The molecule has 0 fully saturated rings. The van der Waals surface area contributed by atoms with Crippen LogP contribution in [0.15, 0.2) is 42.7 Å². The van der Waals surface area contributed by atoms with Gasteiger partial charge in [-0.15, -0.1) is 0 Å². The van der Waals surface area contributed by atoms with Gasteiger partial charge in [0.2, 0.25) is 5.69 Å². The Bertz CT molecular complexity index is 1350. The van der Waals surface area contributed by atoms with Crippen LogP contribution in [-0.4, -0.2) is 9.55 Å². The van der Waals surface area contributed by atoms with Gasteiger partial charge in [-0.25, -0.2) is 9.55 Å². The summed E-state index contributed by atoms with van der Waals surface area (Å²) in [5.41, 5.74) is 8.07. The van der Waals surface area contributed by atoms with E-state index in [1.54, 1.807) is 6.20 Å². The van der Waals surface area contributed by atoms with Crippen LogP contribution in [0.25, 0.3) is 27.7 Å². The van der Waals surface area contributed by atoms with Gasteiger partial charge >= 0.3 is 0 Å². The third-order valence-corrected chi connectivity index (χ3v) is 5.76. The van der Waals surface area contributed by atoms with Crippen molar-refractivity contribution in [2.45, 2.75) is 34.0 Å². The van der Waals surface area contributed by atoms with Gasteiger partial charge in [0.15, 0.2) is 6.20 Å². The zero-order valence-electron chi connectivity index (χ0n) is 19.1. The van der Waals surface area contributed by atoms with Crippen LogP contribution in [0.3, 0.4) is 0 Å². The van der Waals surface area contributed by atoms with Gasteiger partial charge in [0.25, 0.3) is 0 Å². The normalized spacial score (nSPS) is 14.6. The first-order chi connectivity index (χ1) is 14.2. The summed E-state index contributed by atoms with van der Waals surface area (Å²) in [5, 5.41) is 2.44. The van der Waals surface area contributed by atoms with Crippen LogP contribution < -0.4 is 4.57 Å². The first kappa shape index (κ1) is 13.3. The molecule has 0 bridgehead atoms. The van der Waals surface area contributed by atoms with E-state index in [1.165, 1.54) is 33.2 Å². The van der Waals surface area contributed by atoms with Crippen LogP contribution in [0.4, 0.5) is 0 Å². The molecule has 0 radical (unpaired) electrons. The highest BCUT2D eigenvalue weighted by molar-refractivity contribution is 6.00. The summed E-state index contributed by atoms with van der Waals surface area (Å²) in [6.07, 6.45) is 4.64. The number of hydrogen-bond acceptors (Lipinski definition) is 1. The highest BCUT2D eigenvalue weighted by Crippen LogP contribution is 2.42. The lowest BCUT2D eigenvalue weighted by atomic mass is 9.89. The maximum atomic E-state index is 7.85. The fourth-order valence-electron chi connectivity index (χ4n) is 4.47. The number of benzene rings is 2. The number of fused-ring (bicyclic) bond motifs is 5. The molecule has 1 aliphatic rings. The van der Waals surface area contributed by atoms with Crippen molar-refractivity contribution in [2.24, 2.45) is 7.05 Å². The van der Waals surface area contributed by atoms with E-state index in [0.717, 1.165) is 29.2 Å². The molecule has 0 saturated carbocycles. The Balaban J connectivity index is 1.87. The highest BCUT2D eigenvalue weighted by atomic mass is 15.1. The minimum Gasteiger partial charge on any atom is -0.302 e. The SMILES string of the molecule is [2H]C([2H])([2H])c1c[n+](C)c(-c2c3c(c4ccccc4c2C)-n2cc(C)nc2C3)cc1C. The first-order valence-corrected chi connectivity index (χ1v) is 9.27. The van der Waals surface area contributed by atoms with Gasteiger partial charge in [-0.1, -0.05) is 24.3 Å². The van der Waals surface area contributed by atoms with Gasteiger partial charge in [0, 0.05) is 33.7 Å². The lowest BCUT2D eigenvalue weighted by Crippen LogP contribution is -2.32. The van der Waals surface area contributed by atoms with Gasteiger partial charge in [-0.3, -0.25) is 0 Å². The van der Waals surface area contributed by atoms with Crippen LogP contribution in [0.2, 0.25) is 0 Å². The summed E-state index contributed by atoms with van der Waals surface area (Å²) >= 11 is 0. The Hall–Kier alpha value is -2.94. The molecular weight excluding hydrogens is 330 g/mol. The second kappa shape index (κ2) is 5.53. The van der Waals surface area contributed by atoms with Gasteiger partial charge in [-0.05, 0) is 49.7 Å². The molecule has 0 unspecified atom stereocenters. The molecular formula is C24H24N3+. The number of aromatic nitrogens is 3. The van der Waals surface area contributed by atoms with Crippen molar-refractivity contribution in [1.82, 2.24) is 9.55 Å². The van der Waals surface area contributed by atoms with Crippen molar-refractivity contribution < 1.29 is 8.68 Å². The van der Waals surface area contributed by atoms with Crippen molar-refractivity contribution in [2.75, 3.05) is 0 Å². The molecule has 3 heteroatoms. The minimum atomic E-state index is -2.12. The smallest absolute Gasteiger partial charge is 0.213 e. The lowest BCUT2D eigenvalue weighted by Gasteiger charge is -2.16. The average molecular weight is 357 g/mol. The number of aryl methyl sites for hydroxylation is 5. The third-order valence-electron chi connectivity index (χ3n) is 5.76. The number of imidazole rings is 1. The monoisotopic (exact) mass is 357 g/mol. The molecule has 4 aromatic rings. The largest absolute Gasteiger partial charge is 0.302 e. The van der Waals surface area contributed by atoms with E-state index in [0.29, 0.717) is 5.56 Å². The number of hydrogen-bond donors (Lipinski definition) is 0. The summed E-state index contributed by atoms with van der Waals surface area (Å²) < 4.78 is 27.7. The van der Waals surface area contributed by atoms with Crippen molar-refractivity contribution in [3.8, 4) is 16.9 Å². The van der Waals surface area contributed by atoms with Crippen molar-refractivity contribution >= 4 is 10.8 Å². The molecule has 5 rings (SSSR count). The van der Waals surface area contributed by atoms with Crippen LogP contribution in [-0.2, 0) is 13.5 Å². The Morgan fingerprint density at radius 3 is 2.67 bits per heavy atom. The fraction of sp³-hybridized carbons (Fsp3) is 0.250. The Kier molecular flexibility index (Phi) is 2.71. The quantitative estimate of drug-likeness (QED) is 0.400. The topological polar surface area (TPSA) is 21.7 Å². The Labute approximate surface area is 164 Å². The zero-order chi connectivity index (χ0) is 21.4. The van der Waals surface area contributed by atoms with Crippen molar-refractivity contribution in [3.05, 3.63) is 76.5 Å². The summed E-state index contributed by atoms with van der Waals surface area (Å²) in [5.74, 6) is 1.05. The predicted octanol–water partition coefficient (Wildman–Crippen LogP) is 4.65. The van der Waals surface area contributed by atoms with E-state index in [-0.39, 0.29) is 0 Å². The fourth-order valence-corrected chi connectivity index (χ4v) is 4.47. The molecule has 0 saturated heterocycles. The van der Waals surface area contributed by atoms with Crippen LogP contribution >= 0.6 is 0 Å². The summed E-state index contributed by atoms with van der Waals surface area (Å²) in [6.45, 7) is 3.95. The summed E-state index contributed by atoms with van der Waals surface area (Å²) in [4.78, 5) is 4.75. The van der Waals surface area contributed by atoms with E-state index < -0.39 is 6.85 Å². The first-order valence-electron chi connectivity index (χ1n) is 10.8. The molecule has 2 aromatic carbocycles. The van der Waals surface area contributed by atoms with E-state index in [1.807, 2.05) is 31.5 Å². The molecule has 134 valence electrons. The molecule has 0 aliphatic carbocycles. The van der Waals surface area contributed by atoms with Crippen molar-refractivity contribution in [1.29, 1.82) is 0 Å². The third kappa shape index (κ3) is 2.21. The molecule has 2 aromatic heterocycles. The average Bonchev–Trinajstić information content (AvgIpc) is 3.19. The minimum absolute atomic E-state index is 0.396. The molecule has 1 aliphatic heterocycles. The second-order valence-electron chi connectivity index (χ2n) is 7.58. The van der Waals surface area contributed by atoms with Crippen LogP contribution in [0, 0.1) is 27.6 Å². The van der Waals surface area contributed by atoms with E-state index in [9.17, 15) is 0 Å². The van der Waals surface area contributed by atoms with Gasteiger partial charge in [0.05, 0.1) is 16.9 Å². The molecule has 3 nitrogen and oxygen atoms in total. The Morgan fingerprint density at radius 2 is 1.89 bits per heavy atom. The molecule has 0 amide bonds. The van der Waals surface area contributed by atoms with E-state index >= 15 is 0 Å². The number of pyridine rings is 1. The van der Waals surface area contributed by atoms with E-state index in [4.69, 9.17) is 9.10 Å². The molecule has 0 atom stereocenters. The van der Waals surface area contributed by atoms with Crippen LogP contribution in [0.1, 0.15) is 37.9 Å². The van der Waals surface area contributed by atoms with Gasteiger partial charge < -0.3 is 4.57 Å². The maximum Gasteiger partial charge on any atom is 0.213 e. The zero-order valence-corrected chi connectivity index (χ0v) is 16.1. The maximum absolute atomic E-state index is 7.85. The van der Waals surface area contributed by atoms with Crippen LogP contribution in [0.5, 0.6) is 0 Å². The summed E-state index contributed by atoms with van der Waals surface area (Å²) in [7, 11) is 1.93. The molecule has 0 spiro atoms. The highest BCUT2D eigenvalue weighted by Gasteiger charge is 2.30. The van der Waals surface area contributed by atoms with E-state index in [2.05, 4.69) is 42.0 Å². The number of nitrogens with zero attached hydrogens (tertiary/aromatic N) is 3. The number of rotatable bonds is 1. The second-order valence-corrected chi connectivity index (χ2v) is 7.58. The van der Waals surface area contributed by atoms with Crippen molar-refractivity contribution in [3.63, 3.8) is 0 Å². The predicted molar refractivity (Wildman–Crippen MR) is 109 cm³/mol. The van der Waals surface area contributed by atoms with Gasteiger partial charge in [-0.2, -0.15) is 0 Å². The summed E-state index contributed by atoms with van der Waals surface area (Å²) in [6, 6.07) is 10.5. The molecule has 0 N–H and O–H groups in total. The Morgan fingerprint density at radius 1 is 1.11 bits per heavy atom. The molecule has 27 heavy (non-hydrogen) atoms. The standard InChI is InChI=1S/C24H24N3/c1-14-10-21(26(5)12-15(14)2)23-17(4)18-8-6-7-9-19(18)24-20(23)11-22-25-16(3)13-27(22)24/h6-10,12-13H,11H2,1-5H3/q+1/i2D3. The van der Waals surface area contributed by atoms with Gasteiger partial charge in [0.1, 0.15) is 12.9 Å². The molecule has 3 heterocycles.